The maximum absolute atomic E-state index is 12.5. The van der Waals surface area contributed by atoms with E-state index in [1.807, 2.05) is 48.5 Å². The lowest BCUT2D eigenvalue weighted by atomic mass is 10.0. The molecular weight excluding hydrogens is 340 g/mol. The number of nitrogens with zero attached hydrogens (tertiary/aromatic N) is 1. The number of nitrogens with one attached hydrogen (secondary N) is 1. The maximum atomic E-state index is 12.5. The van der Waals surface area contributed by atoms with Gasteiger partial charge >= 0.3 is 0 Å². The van der Waals surface area contributed by atoms with E-state index >= 15 is 0 Å². The number of hydrogen-bond acceptors (Lipinski definition) is 4. The number of carbonyl (C=O) groups excluding carboxylic acids is 1. The molecule has 1 N–H and O–H groups in total. The van der Waals surface area contributed by atoms with Crippen LogP contribution in [0.2, 0.25) is 0 Å². The Morgan fingerprint density at radius 2 is 1.70 bits per heavy atom. The Bertz CT molecular complexity index is 1060. The van der Waals surface area contributed by atoms with E-state index in [1.165, 1.54) is 14.2 Å². The predicted octanol–water partition coefficient (Wildman–Crippen LogP) is 4.40. The molecule has 0 saturated heterocycles. The summed E-state index contributed by atoms with van der Waals surface area (Å²) in [6.45, 7) is 0. The smallest absolute Gasteiger partial charge is 0.266 e. The average molecular weight is 358 g/mol. The lowest BCUT2D eigenvalue weighted by Crippen LogP contribution is -2.13. The van der Waals surface area contributed by atoms with Crippen LogP contribution < -0.4 is 14.8 Å². The van der Waals surface area contributed by atoms with Gasteiger partial charge in [0, 0.05) is 11.8 Å². The number of nitriles is 1. The highest BCUT2D eigenvalue weighted by atomic mass is 16.5. The van der Waals surface area contributed by atoms with Crippen LogP contribution in [0, 0.1) is 11.3 Å². The molecule has 0 saturated carbocycles. The molecule has 0 unspecified atom stereocenters. The summed E-state index contributed by atoms with van der Waals surface area (Å²) in [4.78, 5) is 12.5. The molecule has 0 aliphatic carbocycles. The Balaban J connectivity index is 1.85. The minimum Gasteiger partial charge on any atom is -0.493 e. The molecule has 0 bridgehead atoms. The molecule has 5 nitrogen and oxygen atoms in total. The largest absolute Gasteiger partial charge is 0.493 e. The van der Waals surface area contributed by atoms with Crippen LogP contribution in [0.1, 0.15) is 5.56 Å². The normalized spacial score (nSPS) is 10.9. The highest BCUT2D eigenvalue weighted by Gasteiger charge is 2.12. The van der Waals surface area contributed by atoms with Crippen molar-refractivity contribution in [3.8, 4) is 17.6 Å². The number of benzene rings is 3. The summed E-state index contributed by atoms with van der Waals surface area (Å²) in [5.74, 6) is 0.563. The minimum absolute atomic E-state index is 0.0140. The number of anilines is 1. The van der Waals surface area contributed by atoms with Gasteiger partial charge in [-0.25, -0.2) is 0 Å². The van der Waals surface area contributed by atoms with E-state index in [4.69, 9.17) is 9.47 Å². The third-order valence-corrected chi connectivity index (χ3v) is 4.09. The summed E-state index contributed by atoms with van der Waals surface area (Å²) in [5, 5.41) is 14.3. The fraction of sp³-hybridized carbons (Fsp3) is 0.0909. The van der Waals surface area contributed by atoms with Gasteiger partial charge in [0.05, 0.1) is 14.2 Å². The third kappa shape index (κ3) is 4.07. The Hall–Kier alpha value is -3.78. The first-order chi connectivity index (χ1) is 13.1. The van der Waals surface area contributed by atoms with Gasteiger partial charge in [-0.3, -0.25) is 4.79 Å². The average Bonchev–Trinajstić information content (AvgIpc) is 2.71. The number of ether oxygens (including phenoxy) is 2. The van der Waals surface area contributed by atoms with Crippen LogP contribution in [0.15, 0.2) is 66.2 Å². The molecule has 0 heterocycles. The second-order valence-corrected chi connectivity index (χ2v) is 5.80. The third-order valence-electron chi connectivity index (χ3n) is 4.09. The Morgan fingerprint density at radius 1 is 0.963 bits per heavy atom. The molecule has 0 fully saturated rings. The molecule has 0 atom stereocenters. The zero-order valence-electron chi connectivity index (χ0n) is 15.0. The van der Waals surface area contributed by atoms with Crippen molar-refractivity contribution in [2.75, 3.05) is 19.5 Å². The summed E-state index contributed by atoms with van der Waals surface area (Å²) in [6, 6.07) is 20.7. The number of rotatable bonds is 5. The molecule has 3 aromatic rings. The second kappa shape index (κ2) is 8.07. The van der Waals surface area contributed by atoms with Crippen LogP contribution in [0.3, 0.4) is 0 Å². The first-order valence-corrected chi connectivity index (χ1v) is 8.28. The summed E-state index contributed by atoms with van der Waals surface area (Å²) in [7, 11) is 3.06. The number of fused-ring (bicyclic) bond motifs is 1. The summed E-state index contributed by atoms with van der Waals surface area (Å²) < 4.78 is 10.4. The standard InChI is InChI=1S/C22H18N2O3/c1-26-20-10-9-19(13-21(20)27-2)24-22(25)18(14-23)12-15-7-8-16-5-3-4-6-17(16)11-15/h3-13H,1-2H3,(H,24,25)/b18-12+. The van der Waals surface area contributed by atoms with E-state index in [9.17, 15) is 10.1 Å². The summed E-state index contributed by atoms with van der Waals surface area (Å²) in [6.07, 6.45) is 1.57. The molecular formula is C22H18N2O3. The second-order valence-electron chi connectivity index (χ2n) is 5.80. The lowest BCUT2D eigenvalue weighted by molar-refractivity contribution is -0.112. The topological polar surface area (TPSA) is 71.3 Å². The molecule has 0 spiro atoms. The minimum atomic E-state index is -0.488. The summed E-state index contributed by atoms with van der Waals surface area (Å²) >= 11 is 0. The van der Waals surface area contributed by atoms with Gasteiger partial charge < -0.3 is 14.8 Å². The first-order valence-electron chi connectivity index (χ1n) is 8.28. The van der Waals surface area contributed by atoms with Gasteiger partial charge in [-0.15, -0.1) is 0 Å². The van der Waals surface area contributed by atoms with Gasteiger partial charge in [0.15, 0.2) is 11.5 Å². The molecule has 5 heteroatoms. The van der Waals surface area contributed by atoms with Crippen LogP contribution in [0.25, 0.3) is 16.8 Å². The maximum Gasteiger partial charge on any atom is 0.266 e. The highest BCUT2D eigenvalue weighted by Crippen LogP contribution is 2.30. The van der Waals surface area contributed by atoms with Crippen molar-refractivity contribution in [3.63, 3.8) is 0 Å². The van der Waals surface area contributed by atoms with Crippen LogP contribution >= 0.6 is 0 Å². The molecule has 3 aromatic carbocycles. The quantitative estimate of drug-likeness (QED) is 0.542. The highest BCUT2D eigenvalue weighted by molar-refractivity contribution is 6.10. The summed E-state index contributed by atoms with van der Waals surface area (Å²) in [5.41, 5.74) is 1.31. The van der Waals surface area contributed by atoms with Crippen molar-refractivity contribution < 1.29 is 14.3 Å². The Morgan fingerprint density at radius 3 is 2.41 bits per heavy atom. The van der Waals surface area contributed by atoms with Gasteiger partial charge in [-0.1, -0.05) is 36.4 Å². The monoisotopic (exact) mass is 358 g/mol. The molecule has 0 aliphatic rings. The molecule has 0 radical (unpaired) electrons. The van der Waals surface area contributed by atoms with Crippen molar-refractivity contribution in [2.45, 2.75) is 0 Å². The number of methoxy groups -OCH3 is 2. The zero-order valence-corrected chi connectivity index (χ0v) is 15.0. The zero-order chi connectivity index (χ0) is 19.2. The molecule has 27 heavy (non-hydrogen) atoms. The van der Waals surface area contributed by atoms with E-state index in [-0.39, 0.29) is 5.57 Å². The Labute approximate surface area is 157 Å². The van der Waals surface area contributed by atoms with Crippen LogP contribution in [-0.2, 0) is 4.79 Å². The lowest BCUT2D eigenvalue weighted by Gasteiger charge is -2.10. The van der Waals surface area contributed by atoms with E-state index in [0.29, 0.717) is 17.2 Å². The van der Waals surface area contributed by atoms with Gasteiger partial charge in [-0.2, -0.15) is 5.26 Å². The van der Waals surface area contributed by atoms with Crippen molar-refractivity contribution in [1.29, 1.82) is 5.26 Å². The van der Waals surface area contributed by atoms with Crippen molar-refractivity contribution in [2.24, 2.45) is 0 Å². The van der Waals surface area contributed by atoms with Crippen LogP contribution in [0.4, 0.5) is 5.69 Å². The van der Waals surface area contributed by atoms with Crippen molar-refractivity contribution in [1.82, 2.24) is 0 Å². The Kier molecular flexibility index (Phi) is 5.38. The van der Waals surface area contributed by atoms with Crippen LogP contribution in [-0.4, -0.2) is 20.1 Å². The van der Waals surface area contributed by atoms with Crippen molar-refractivity contribution in [3.05, 3.63) is 71.8 Å². The SMILES string of the molecule is COc1ccc(NC(=O)/C(C#N)=C/c2ccc3ccccc3c2)cc1OC. The molecule has 3 rings (SSSR count). The number of amides is 1. The fourth-order valence-electron chi connectivity index (χ4n) is 2.73. The number of carbonyl (C=O) groups is 1. The first kappa shape index (κ1) is 18.0. The van der Waals surface area contributed by atoms with Gasteiger partial charge in [0.1, 0.15) is 11.6 Å². The van der Waals surface area contributed by atoms with Crippen LogP contribution in [0.5, 0.6) is 11.5 Å². The fourth-order valence-corrected chi connectivity index (χ4v) is 2.73. The van der Waals surface area contributed by atoms with Gasteiger partial charge in [-0.05, 0) is 40.6 Å². The molecule has 134 valence electrons. The van der Waals surface area contributed by atoms with Crippen molar-refractivity contribution >= 4 is 28.4 Å². The molecule has 0 aliphatic heterocycles. The predicted molar refractivity (Wildman–Crippen MR) is 106 cm³/mol. The van der Waals surface area contributed by atoms with E-state index in [0.717, 1.165) is 16.3 Å². The van der Waals surface area contributed by atoms with Gasteiger partial charge in [0.25, 0.3) is 5.91 Å². The van der Waals surface area contributed by atoms with Gasteiger partial charge in [0.2, 0.25) is 0 Å². The van der Waals surface area contributed by atoms with E-state index < -0.39 is 5.91 Å². The van der Waals surface area contributed by atoms with E-state index in [1.54, 1.807) is 24.3 Å². The number of hydrogen-bond donors (Lipinski definition) is 1. The molecule has 1 amide bonds. The van der Waals surface area contributed by atoms with E-state index in [2.05, 4.69) is 5.32 Å². The molecule has 0 aromatic heterocycles.